The van der Waals surface area contributed by atoms with Gasteiger partial charge in [0, 0.05) is 39.3 Å². The van der Waals surface area contributed by atoms with E-state index in [2.05, 4.69) is 34.5 Å². The van der Waals surface area contributed by atoms with Crippen molar-refractivity contribution in [3.63, 3.8) is 0 Å². The first-order chi connectivity index (χ1) is 13.7. The summed E-state index contributed by atoms with van der Waals surface area (Å²) < 4.78 is 0. The Morgan fingerprint density at radius 2 is 1.63 bits per heavy atom. The highest BCUT2D eigenvalue weighted by atomic mass is 35.5. The maximum absolute atomic E-state index is 13.5. The molecule has 168 valence electrons. The monoisotopic (exact) mass is 456 g/mol. The van der Waals surface area contributed by atoms with Gasteiger partial charge < -0.3 is 15.1 Å². The summed E-state index contributed by atoms with van der Waals surface area (Å²) in [5, 5.41) is 3.29. The second-order valence-electron chi connectivity index (χ2n) is 8.32. The van der Waals surface area contributed by atoms with E-state index in [1.807, 2.05) is 15.9 Å². The van der Waals surface area contributed by atoms with Crippen LogP contribution in [0.4, 0.5) is 0 Å². The predicted octanol–water partition coefficient (Wildman–Crippen LogP) is 1.96. The fourth-order valence-electron chi connectivity index (χ4n) is 5.05. The Kier molecular flexibility index (Phi) is 9.41. The quantitative estimate of drug-likeness (QED) is 0.735. The standard InChI is InChI=1S/C22H32N4O2.2ClH/c27-20(24-16-11-23-12-17-24)18-26-14-5-10-22(26)9-4-13-25(21(22)28)15-8-19-6-2-1-3-7-19;;/h1-3,6-7,23H,4-5,8-18H2;2*1H. The fourth-order valence-corrected chi connectivity index (χ4v) is 5.05. The molecule has 1 unspecified atom stereocenters. The first-order valence-corrected chi connectivity index (χ1v) is 10.8. The third kappa shape index (κ3) is 5.28. The van der Waals surface area contributed by atoms with Gasteiger partial charge >= 0.3 is 0 Å². The Balaban J connectivity index is 0.00000160. The zero-order chi connectivity index (χ0) is 19.4. The first-order valence-electron chi connectivity index (χ1n) is 10.8. The number of hydrogen-bond acceptors (Lipinski definition) is 4. The minimum atomic E-state index is -0.446. The average molecular weight is 457 g/mol. The van der Waals surface area contributed by atoms with Crippen molar-refractivity contribution in [2.75, 3.05) is 52.4 Å². The lowest BCUT2D eigenvalue weighted by molar-refractivity contribution is -0.149. The lowest BCUT2D eigenvalue weighted by Gasteiger charge is -2.45. The van der Waals surface area contributed by atoms with Crippen LogP contribution >= 0.6 is 24.8 Å². The van der Waals surface area contributed by atoms with Gasteiger partial charge in [0.2, 0.25) is 11.8 Å². The molecule has 8 heteroatoms. The fraction of sp³-hybridized carbons (Fsp3) is 0.636. The van der Waals surface area contributed by atoms with Crippen molar-refractivity contribution in [3.8, 4) is 0 Å². The summed E-state index contributed by atoms with van der Waals surface area (Å²) in [6, 6.07) is 10.4. The summed E-state index contributed by atoms with van der Waals surface area (Å²) in [6.45, 7) is 6.13. The van der Waals surface area contributed by atoms with E-state index in [1.165, 1.54) is 5.56 Å². The van der Waals surface area contributed by atoms with Crippen LogP contribution in [0.2, 0.25) is 0 Å². The second kappa shape index (κ2) is 11.3. The van der Waals surface area contributed by atoms with Crippen LogP contribution in [0.3, 0.4) is 0 Å². The van der Waals surface area contributed by atoms with Crippen molar-refractivity contribution in [2.45, 2.75) is 37.6 Å². The molecule has 1 spiro atoms. The van der Waals surface area contributed by atoms with Crippen LogP contribution in [0.15, 0.2) is 30.3 Å². The molecule has 0 radical (unpaired) electrons. The van der Waals surface area contributed by atoms with E-state index >= 15 is 0 Å². The zero-order valence-corrected chi connectivity index (χ0v) is 19.2. The number of amides is 2. The molecular weight excluding hydrogens is 423 g/mol. The Hall–Kier alpha value is -1.34. The number of likely N-dealkylation sites (tertiary alicyclic amines) is 2. The molecule has 3 aliphatic rings. The molecule has 2 amide bonds. The zero-order valence-electron chi connectivity index (χ0n) is 17.6. The van der Waals surface area contributed by atoms with Gasteiger partial charge in [0.1, 0.15) is 5.54 Å². The maximum atomic E-state index is 13.5. The third-order valence-electron chi connectivity index (χ3n) is 6.64. The molecule has 1 N–H and O–H groups in total. The minimum Gasteiger partial charge on any atom is -0.341 e. The Bertz CT molecular complexity index is 700. The summed E-state index contributed by atoms with van der Waals surface area (Å²) in [5.41, 5.74) is 0.825. The van der Waals surface area contributed by atoms with Crippen LogP contribution in [0.25, 0.3) is 0 Å². The molecule has 4 rings (SSSR count). The highest BCUT2D eigenvalue weighted by Crippen LogP contribution is 2.38. The lowest BCUT2D eigenvalue weighted by Crippen LogP contribution is -2.62. The molecule has 0 saturated carbocycles. The number of carbonyl (C=O) groups is 2. The molecule has 3 heterocycles. The number of rotatable bonds is 5. The number of piperidine rings is 1. The van der Waals surface area contributed by atoms with Crippen molar-refractivity contribution in [3.05, 3.63) is 35.9 Å². The Morgan fingerprint density at radius 1 is 0.967 bits per heavy atom. The summed E-state index contributed by atoms with van der Waals surface area (Å²) in [7, 11) is 0. The third-order valence-corrected chi connectivity index (χ3v) is 6.64. The lowest BCUT2D eigenvalue weighted by atomic mass is 9.85. The van der Waals surface area contributed by atoms with Gasteiger partial charge in [0.25, 0.3) is 0 Å². The Labute approximate surface area is 192 Å². The molecule has 6 nitrogen and oxygen atoms in total. The number of carbonyl (C=O) groups excluding carboxylic acids is 2. The highest BCUT2D eigenvalue weighted by molar-refractivity contribution is 5.89. The van der Waals surface area contributed by atoms with Crippen LogP contribution in [-0.2, 0) is 16.0 Å². The van der Waals surface area contributed by atoms with E-state index in [4.69, 9.17) is 0 Å². The normalized spacial score (nSPS) is 24.5. The van der Waals surface area contributed by atoms with Gasteiger partial charge in [-0.15, -0.1) is 24.8 Å². The molecule has 30 heavy (non-hydrogen) atoms. The predicted molar refractivity (Wildman–Crippen MR) is 123 cm³/mol. The van der Waals surface area contributed by atoms with Crippen LogP contribution in [0, 0.1) is 0 Å². The molecular formula is C22H34Cl2N4O2. The SMILES string of the molecule is Cl.Cl.O=C(CN1CCCC12CCCN(CCc1ccccc1)C2=O)N1CCNCC1. The summed E-state index contributed by atoms with van der Waals surface area (Å²) in [6.07, 6.45) is 4.71. The van der Waals surface area contributed by atoms with E-state index < -0.39 is 5.54 Å². The van der Waals surface area contributed by atoms with Gasteiger partial charge in [-0.1, -0.05) is 30.3 Å². The van der Waals surface area contributed by atoms with Crippen LogP contribution < -0.4 is 5.32 Å². The van der Waals surface area contributed by atoms with Gasteiger partial charge in [-0.2, -0.15) is 0 Å². The summed E-state index contributed by atoms with van der Waals surface area (Å²) >= 11 is 0. The number of benzene rings is 1. The Morgan fingerprint density at radius 3 is 2.33 bits per heavy atom. The smallest absolute Gasteiger partial charge is 0.243 e. The second-order valence-corrected chi connectivity index (χ2v) is 8.32. The van der Waals surface area contributed by atoms with Gasteiger partial charge in [0.05, 0.1) is 6.54 Å². The van der Waals surface area contributed by atoms with E-state index in [9.17, 15) is 9.59 Å². The van der Waals surface area contributed by atoms with Crippen molar-refractivity contribution >= 4 is 36.6 Å². The number of nitrogens with zero attached hydrogens (tertiary/aromatic N) is 3. The number of nitrogens with one attached hydrogen (secondary N) is 1. The molecule has 1 atom stereocenters. The largest absolute Gasteiger partial charge is 0.341 e. The van der Waals surface area contributed by atoms with Gasteiger partial charge in [-0.05, 0) is 44.2 Å². The van der Waals surface area contributed by atoms with E-state index in [-0.39, 0.29) is 36.6 Å². The number of halogens is 2. The van der Waals surface area contributed by atoms with E-state index in [1.54, 1.807) is 0 Å². The van der Waals surface area contributed by atoms with Gasteiger partial charge in [-0.3, -0.25) is 14.5 Å². The van der Waals surface area contributed by atoms with Crippen molar-refractivity contribution in [2.24, 2.45) is 0 Å². The molecule has 3 fully saturated rings. The van der Waals surface area contributed by atoms with Crippen molar-refractivity contribution in [1.29, 1.82) is 0 Å². The molecule has 0 aromatic heterocycles. The minimum absolute atomic E-state index is 0. The number of hydrogen-bond donors (Lipinski definition) is 1. The van der Waals surface area contributed by atoms with Crippen LogP contribution in [-0.4, -0.2) is 84.4 Å². The topological polar surface area (TPSA) is 55.9 Å². The maximum Gasteiger partial charge on any atom is 0.243 e. The molecule has 1 aromatic carbocycles. The van der Waals surface area contributed by atoms with Crippen LogP contribution in [0.5, 0.6) is 0 Å². The van der Waals surface area contributed by atoms with Gasteiger partial charge in [-0.25, -0.2) is 0 Å². The number of piperazine rings is 1. The molecule has 1 aromatic rings. The van der Waals surface area contributed by atoms with Crippen molar-refractivity contribution in [1.82, 2.24) is 20.0 Å². The first kappa shape index (κ1) is 24.9. The summed E-state index contributed by atoms with van der Waals surface area (Å²) in [5.74, 6) is 0.428. The van der Waals surface area contributed by atoms with Gasteiger partial charge in [0.15, 0.2) is 0 Å². The van der Waals surface area contributed by atoms with E-state index in [0.29, 0.717) is 6.54 Å². The molecule has 3 saturated heterocycles. The van der Waals surface area contributed by atoms with E-state index in [0.717, 1.165) is 77.9 Å². The molecule has 3 aliphatic heterocycles. The molecule has 0 bridgehead atoms. The van der Waals surface area contributed by atoms with Crippen molar-refractivity contribution < 1.29 is 9.59 Å². The average Bonchev–Trinajstić information content (AvgIpc) is 3.13. The highest BCUT2D eigenvalue weighted by Gasteiger charge is 2.51. The van der Waals surface area contributed by atoms with Crippen LogP contribution in [0.1, 0.15) is 31.2 Å². The molecule has 0 aliphatic carbocycles. The summed E-state index contributed by atoms with van der Waals surface area (Å²) in [4.78, 5) is 32.5.